The van der Waals surface area contributed by atoms with Gasteiger partial charge in [-0.05, 0) is 37.7 Å². The van der Waals surface area contributed by atoms with Gasteiger partial charge in [-0.15, -0.1) is 11.8 Å². The topological polar surface area (TPSA) is 84.2 Å². The van der Waals surface area contributed by atoms with Crippen LogP contribution >= 0.6 is 11.8 Å². The van der Waals surface area contributed by atoms with Crippen molar-refractivity contribution in [2.45, 2.75) is 37.6 Å². The molecule has 0 aliphatic carbocycles. The fourth-order valence-electron chi connectivity index (χ4n) is 2.73. The van der Waals surface area contributed by atoms with Gasteiger partial charge >= 0.3 is 6.03 Å². The van der Waals surface area contributed by atoms with Gasteiger partial charge in [0.2, 0.25) is 5.89 Å². The van der Waals surface area contributed by atoms with Crippen LogP contribution in [0.3, 0.4) is 0 Å². The maximum atomic E-state index is 12.5. The van der Waals surface area contributed by atoms with Crippen LogP contribution in [0.15, 0.2) is 27.9 Å². The van der Waals surface area contributed by atoms with E-state index < -0.39 is 0 Å². The highest BCUT2D eigenvalue weighted by Crippen LogP contribution is 2.26. The van der Waals surface area contributed by atoms with Crippen LogP contribution in [-0.4, -0.2) is 44.9 Å². The van der Waals surface area contributed by atoms with Gasteiger partial charge in [0.1, 0.15) is 0 Å². The van der Waals surface area contributed by atoms with Gasteiger partial charge in [-0.2, -0.15) is 4.98 Å². The molecule has 1 aliphatic heterocycles. The molecule has 2 amide bonds. The van der Waals surface area contributed by atoms with E-state index in [1.165, 1.54) is 0 Å². The minimum atomic E-state index is -0.117. The number of piperidine rings is 1. The van der Waals surface area contributed by atoms with Gasteiger partial charge in [-0.25, -0.2) is 9.78 Å². The van der Waals surface area contributed by atoms with E-state index in [1.807, 2.05) is 12.1 Å². The monoisotopic (exact) mass is 347 g/mol. The number of anilines is 1. The molecule has 1 N–H and O–H groups in total. The van der Waals surface area contributed by atoms with E-state index in [1.54, 1.807) is 29.8 Å². The summed E-state index contributed by atoms with van der Waals surface area (Å²) < 4.78 is 5.25. The third-order valence-electron chi connectivity index (χ3n) is 3.88. The summed E-state index contributed by atoms with van der Waals surface area (Å²) in [7, 11) is 0. The molecule has 2 aromatic heterocycles. The Hall–Kier alpha value is -2.09. The van der Waals surface area contributed by atoms with Crippen molar-refractivity contribution in [3.8, 4) is 0 Å². The van der Waals surface area contributed by atoms with Crippen molar-refractivity contribution < 1.29 is 9.32 Å². The third-order valence-corrected chi connectivity index (χ3v) is 4.71. The molecule has 24 heavy (non-hydrogen) atoms. The number of rotatable bonds is 4. The smallest absolute Gasteiger partial charge is 0.321 e. The number of pyridine rings is 1. The lowest BCUT2D eigenvalue weighted by atomic mass is 9.98. The molecular formula is C16H21N5O2S. The number of nitrogens with zero attached hydrogens (tertiary/aromatic N) is 4. The van der Waals surface area contributed by atoms with Crippen LogP contribution in [0.4, 0.5) is 10.5 Å². The number of amides is 2. The number of aromatic nitrogens is 3. The SMILES string of the molecule is CCSc1ccc(NC(=O)N2CCC[C@H](c3nc(C)no3)C2)cn1. The molecule has 2 aromatic rings. The average molecular weight is 347 g/mol. The minimum Gasteiger partial charge on any atom is -0.339 e. The zero-order valence-electron chi connectivity index (χ0n) is 13.9. The summed E-state index contributed by atoms with van der Waals surface area (Å²) in [5.41, 5.74) is 0.705. The Labute approximate surface area is 145 Å². The average Bonchev–Trinajstić information content (AvgIpc) is 3.03. The second kappa shape index (κ2) is 7.65. The molecular weight excluding hydrogens is 326 g/mol. The summed E-state index contributed by atoms with van der Waals surface area (Å²) in [6.45, 7) is 5.20. The second-order valence-corrected chi connectivity index (χ2v) is 7.00. The van der Waals surface area contributed by atoms with Crippen molar-refractivity contribution in [1.29, 1.82) is 0 Å². The van der Waals surface area contributed by atoms with Crippen LogP contribution < -0.4 is 5.32 Å². The first kappa shape index (κ1) is 16.8. The van der Waals surface area contributed by atoms with Crippen LogP contribution in [0.25, 0.3) is 0 Å². The van der Waals surface area contributed by atoms with Gasteiger partial charge in [0.15, 0.2) is 5.82 Å². The van der Waals surface area contributed by atoms with Crippen molar-refractivity contribution in [1.82, 2.24) is 20.0 Å². The predicted molar refractivity (Wildman–Crippen MR) is 92.2 cm³/mol. The lowest BCUT2D eigenvalue weighted by Crippen LogP contribution is -2.41. The third kappa shape index (κ3) is 4.05. The Morgan fingerprint density at radius 3 is 3.04 bits per heavy atom. The molecule has 1 fully saturated rings. The molecule has 0 spiro atoms. The fourth-order valence-corrected chi connectivity index (χ4v) is 3.32. The summed E-state index contributed by atoms with van der Waals surface area (Å²) >= 11 is 1.67. The molecule has 128 valence electrons. The Morgan fingerprint density at radius 1 is 1.50 bits per heavy atom. The van der Waals surface area contributed by atoms with Crippen LogP contribution in [-0.2, 0) is 0 Å². The van der Waals surface area contributed by atoms with Crippen LogP contribution in [0, 0.1) is 6.92 Å². The molecule has 3 rings (SSSR count). The van der Waals surface area contributed by atoms with E-state index in [0.717, 1.165) is 30.2 Å². The van der Waals surface area contributed by atoms with E-state index in [-0.39, 0.29) is 11.9 Å². The Morgan fingerprint density at radius 2 is 2.38 bits per heavy atom. The van der Waals surface area contributed by atoms with Gasteiger partial charge in [0.05, 0.1) is 22.8 Å². The first-order chi connectivity index (χ1) is 11.7. The highest BCUT2D eigenvalue weighted by Gasteiger charge is 2.28. The maximum absolute atomic E-state index is 12.5. The summed E-state index contributed by atoms with van der Waals surface area (Å²) in [5, 5.41) is 7.70. The molecule has 0 bridgehead atoms. The number of urea groups is 1. The highest BCUT2D eigenvalue weighted by molar-refractivity contribution is 7.99. The van der Waals surface area contributed by atoms with Crippen LogP contribution in [0.5, 0.6) is 0 Å². The molecule has 0 saturated carbocycles. The van der Waals surface area contributed by atoms with E-state index in [4.69, 9.17) is 4.52 Å². The lowest BCUT2D eigenvalue weighted by molar-refractivity contribution is 0.184. The van der Waals surface area contributed by atoms with Crippen molar-refractivity contribution in [2.75, 3.05) is 24.2 Å². The molecule has 0 unspecified atom stereocenters. The molecule has 8 heteroatoms. The van der Waals surface area contributed by atoms with Gasteiger partial charge in [-0.3, -0.25) is 0 Å². The second-order valence-electron chi connectivity index (χ2n) is 5.71. The Bertz CT molecular complexity index is 688. The van der Waals surface area contributed by atoms with Crippen molar-refractivity contribution >= 4 is 23.5 Å². The van der Waals surface area contributed by atoms with Crippen molar-refractivity contribution in [3.05, 3.63) is 30.0 Å². The van der Waals surface area contributed by atoms with Crippen molar-refractivity contribution in [3.63, 3.8) is 0 Å². The van der Waals surface area contributed by atoms with Gasteiger partial charge in [0, 0.05) is 13.1 Å². The fraction of sp³-hybridized carbons (Fsp3) is 0.500. The first-order valence-corrected chi connectivity index (χ1v) is 9.09. The molecule has 3 heterocycles. The van der Waals surface area contributed by atoms with Crippen molar-refractivity contribution in [2.24, 2.45) is 0 Å². The molecule has 7 nitrogen and oxygen atoms in total. The molecule has 1 atom stereocenters. The number of carbonyl (C=O) groups excluding carboxylic acids is 1. The standard InChI is InChI=1S/C16H21N5O2S/c1-3-24-14-7-6-13(9-17-14)19-16(22)21-8-4-5-12(10-21)15-18-11(2)20-23-15/h6-7,9,12H,3-5,8,10H2,1-2H3,(H,19,22)/t12-/m0/s1. The number of likely N-dealkylation sites (tertiary alicyclic amines) is 1. The zero-order chi connectivity index (χ0) is 16.9. The van der Waals surface area contributed by atoms with E-state index in [2.05, 4.69) is 27.4 Å². The molecule has 1 saturated heterocycles. The number of nitrogens with one attached hydrogen (secondary N) is 1. The van der Waals surface area contributed by atoms with Gasteiger partial charge in [-0.1, -0.05) is 12.1 Å². The molecule has 0 radical (unpaired) electrons. The minimum absolute atomic E-state index is 0.104. The van der Waals surface area contributed by atoms with Crippen LogP contribution in [0.2, 0.25) is 0 Å². The number of hydrogen-bond acceptors (Lipinski definition) is 6. The molecule has 0 aromatic carbocycles. The summed E-state index contributed by atoms with van der Waals surface area (Å²) in [6.07, 6.45) is 3.57. The molecule has 1 aliphatic rings. The zero-order valence-corrected chi connectivity index (χ0v) is 14.7. The Kier molecular flexibility index (Phi) is 5.34. The predicted octanol–water partition coefficient (Wildman–Crippen LogP) is 3.30. The quantitative estimate of drug-likeness (QED) is 0.854. The number of aryl methyl sites for hydroxylation is 1. The number of hydrogen-bond donors (Lipinski definition) is 1. The lowest BCUT2D eigenvalue weighted by Gasteiger charge is -2.31. The van der Waals surface area contributed by atoms with E-state index in [9.17, 15) is 4.79 Å². The summed E-state index contributed by atoms with van der Waals surface area (Å²) in [4.78, 5) is 22.9. The summed E-state index contributed by atoms with van der Waals surface area (Å²) in [6, 6.07) is 3.68. The normalized spacial score (nSPS) is 17.8. The first-order valence-electron chi connectivity index (χ1n) is 8.10. The van der Waals surface area contributed by atoms with E-state index >= 15 is 0 Å². The largest absolute Gasteiger partial charge is 0.339 e. The Balaban J connectivity index is 1.59. The van der Waals surface area contributed by atoms with Gasteiger partial charge < -0.3 is 14.7 Å². The maximum Gasteiger partial charge on any atom is 0.321 e. The van der Waals surface area contributed by atoms with E-state index in [0.29, 0.717) is 23.9 Å². The van der Waals surface area contributed by atoms with Gasteiger partial charge in [0.25, 0.3) is 0 Å². The summed E-state index contributed by atoms with van der Waals surface area (Å²) in [5.74, 6) is 2.32. The number of thioether (sulfide) groups is 1. The number of carbonyl (C=O) groups is 1. The highest BCUT2D eigenvalue weighted by atomic mass is 32.2. The van der Waals surface area contributed by atoms with Crippen LogP contribution in [0.1, 0.15) is 37.4 Å².